The molecule has 0 aliphatic carbocycles. The molecular weight excluding hydrogens is 314 g/mol. The molecule has 1 fully saturated rings. The van der Waals surface area contributed by atoms with E-state index in [1.165, 1.54) is 11.1 Å². The van der Waals surface area contributed by atoms with Crippen LogP contribution in [-0.4, -0.2) is 27.8 Å². The van der Waals surface area contributed by atoms with E-state index < -0.39 is 0 Å². The number of aromatic nitrogens is 2. The molecule has 1 saturated heterocycles. The number of nitrogens with zero attached hydrogens (tertiary/aromatic N) is 2. The zero-order valence-corrected chi connectivity index (χ0v) is 15.5. The Bertz CT molecular complexity index is 740. The number of ether oxygens (including phenoxy) is 1. The van der Waals surface area contributed by atoms with Crippen LogP contribution in [-0.2, 0) is 9.53 Å². The van der Waals surface area contributed by atoms with Gasteiger partial charge in [-0.05, 0) is 44.7 Å². The molecule has 5 heteroatoms. The first-order chi connectivity index (χ1) is 12.0. The highest BCUT2D eigenvalue weighted by atomic mass is 16.5. The lowest BCUT2D eigenvalue weighted by molar-refractivity contribution is -0.122. The van der Waals surface area contributed by atoms with Gasteiger partial charge in [-0.3, -0.25) is 4.79 Å². The summed E-state index contributed by atoms with van der Waals surface area (Å²) in [5.74, 6) is 0.0215. The number of amides is 1. The monoisotopic (exact) mass is 341 g/mol. The van der Waals surface area contributed by atoms with Crippen molar-refractivity contribution in [1.82, 2.24) is 15.1 Å². The fraction of sp³-hybridized carbons (Fsp3) is 0.500. The van der Waals surface area contributed by atoms with Gasteiger partial charge in [-0.1, -0.05) is 24.6 Å². The van der Waals surface area contributed by atoms with Crippen LogP contribution >= 0.6 is 0 Å². The van der Waals surface area contributed by atoms with E-state index in [-0.39, 0.29) is 24.2 Å². The van der Waals surface area contributed by atoms with Gasteiger partial charge in [0.25, 0.3) is 0 Å². The van der Waals surface area contributed by atoms with Crippen molar-refractivity contribution in [2.45, 2.75) is 65.2 Å². The Balaban J connectivity index is 2.00. The minimum absolute atomic E-state index is 0.0215. The topological polar surface area (TPSA) is 56.2 Å². The molecule has 0 bridgehead atoms. The molecule has 3 rings (SSSR count). The van der Waals surface area contributed by atoms with Crippen LogP contribution in [0, 0.1) is 13.8 Å². The highest BCUT2D eigenvalue weighted by molar-refractivity contribution is 5.73. The minimum atomic E-state index is -0.0478. The standard InChI is InChI=1S/C20H27N3O2/c1-5-17-11-16(22-15(4)24)12-19(25-17)18-10-13(2)9-14(3)20(18)23-8-6-7-21-23/h6-10,16-17,19H,5,11-12H2,1-4H3,(H,22,24)/t16-,17+,19+/m0/s1. The number of hydrogen-bond donors (Lipinski definition) is 1. The molecule has 2 aromatic rings. The molecule has 1 N–H and O–H groups in total. The quantitative estimate of drug-likeness (QED) is 0.924. The predicted octanol–water partition coefficient (Wildman–Crippen LogP) is 3.62. The fourth-order valence-corrected chi connectivity index (χ4v) is 3.84. The van der Waals surface area contributed by atoms with Gasteiger partial charge in [-0.15, -0.1) is 0 Å². The third-order valence-corrected chi connectivity index (χ3v) is 4.82. The van der Waals surface area contributed by atoms with Crippen LogP contribution in [0.5, 0.6) is 0 Å². The molecule has 1 aromatic heterocycles. The van der Waals surface area contributed by atoms with Crippen molar-refractivity contribution in [3.63, 3.8) is 0 Å². The van der Waals surface area contributed by atoms with Gasteiger partial charge in [-0.25, -0.2) is 4.68 Å². The van der Waals surface area contributed by atoms with E-state index in [4.69, 9.17) is 4.74 Å². The molecule has 0 radical (unpaired) electrons. The van der Waals surface area contributed by atoms with E-state index in [2.05, 4.69) is 43.3 Å². The molecule has 0 saturated carbocycles. The van der Waals surface area contributed by atoms with Gasteiger partial charge in [-0.2, -0.15) is 5.10 Å². The summed E-state index contributed by atoms with van der Waals surface area (Å²) in [6.45, 7) is 7.93. The summed E-state index contributed by atoms with van der Waals surface area (Å²) >= 11 is 0. The zero-order chi connectivity index (χ0) is 18.0. The second-order valence-electron chi connectivity index (χ2n) is 6.99. The SMILES string of the molecule is CC[C@@H]1C[C@H](NC(C)=O)C[C@H](c2cc(C)cc(C)c2-n2cccn2)O1. The maximum Gasteiger partial charge on any atom is 0.217 e. The third-order valence-electron chi connectivity index (χ3n) is 4.82. The van der Waals surface area contributed by atoms with Crippen molar-refractivity contribution in [1.29, 1.82) is 0 Å². The summed E-state index contributed by atoms with van der Waals surface area (Å²) in [5.41, 5.74) is 4.62. The number of aryl methyl sites for hydroxylation is 2. The van der Waals surface area contributed by atoms with Gasteiger partial charge < -0.3 is 10.1 Å². The lowest BCUT2D eigenvalue weighted by Crippen LogP contribution is -2.42. The van der Waals surface area contributed by atoms with Crippen LogP contribution in [0.15, 0.2) is 30.6 Å². The normalized spacial score (nSPS) is 23.4. The molecule has 5 nitrogen and oxygen atoms in total. The maximum atomic E-state index is 11.5. The Hall–Kier alpha value is -2.14. The molecule has 25 heavy (non-hydrogen) atoms. The van der Waals surface area contributed by atoms with Crippen LogP contribution in [0.2, 0.25) is 0 Å². The van der Waals surface area contributed by atoms with Crippen LogP contribution in [0.25, 0.3) is 5.69 Å². The van der Waals surface area contributed by atoms with Crippen LogP contribution in [0.4, 0.5) is 0 Å². The van der Waals surface area contributed by atoms with Crippen LogP contribution < -0.4 is 5.32 Å². The van der Waals surface area contributed by atoms with Crippen LogP contribution in [0.1, 0.15) is 55.9 Å². The first-order valence-corrected chi connectivity index (χ1v) is 9.01. The Morgan fingerprint density at radius 1 is 1.36 bits per heavy atom. The van der Waals surface area contributed by atoms with E-state index in [1.807, 2.05) is 16.9 Å². The van der Waals surface area contributed by atoms with Gasteiger partial charge in [0.05, 0.1) is 17.9 Å². The summed E-state index contributed by atoms with van der Waals surface area (Å²) in [7, 11) is 0. The van der Waals surface area contributed by atoms with Crippen molar-refractivity contribution in [3.8, 4) is 5.69 Å². The number of carbonyl (C=O) groups is 1. The Labute approximate surface area is 149 Å². The number of benzene rings is 1. The van der Waals surface area contributed by atoms with Crippen molar-refractivity contribution < 1.29 is 9.53 Å². The summed E-state index contributed by atoms with van der Waals surface area (Å²) < 4.78 is 8.30. The molecule has 0 unspecified atom stereocenters. The number of carbonyl (C=O) groups excluding carboxylic acids is 1. The lowest BCUT2D eigenvalue weighted by Gasteiger charge is -2.36. The van der Waals surface area contributed by atoms with Crippen molar-refractivity contribution in [3.05, 3.63) is 47.3 Å². The predicted molar refractivity (Wildman–Crippen MR) is 97.8 cm³/mol. The molecule has 134 valence electrons. The molecule has 3 atom stereocenters. The van der Waals surface area contributed by atoms with E-state index in [9.17, 15) is 4.79 Å². The largest absolute Gasteiger partial charge is 0.370 e. The van der Waals surface area contributed by atoms with Gasteiger partial charge in [0.1, 0.15) is 0 Å². The average Bonchev–Trinajstić information content (AvgIpc) is 3.07. The van der Waals surface area contributed by atoms with Crippen molar-refractivity contribution >= 4 is 5.91 Å². The lowest BCUT2D eigenvalue weighted by atomic mass is 9.90. The summed E-state index contributed by atoms with van der Waals surface area (Å²) in [6, 6.07) is 6.44. The number of hydrogen-bond acceptors (Lipinski definition) is 3. The van der Waals surface area contributed by atoms with Crippen molar-refractivity contribution in [2.24, 2.45) is 0 Å². The van der Waals surface area contributed by atoms with E-state index in [1.54, 1.807) is 13.1 Å². The minimum Gasteiger partial charge on any atom is -0.370 e. The number of rotatable bonds is 4. The zero-order valence-electron chi connectivity index (χ0n) is 15.5. The Kier molecular flexibility index (Phi) is 5.23. The van der Waals surface area contributed by atoms with Gasteiger partial charge >= 0.3 is 0 Å². The molecule has 1 aliphatic rings. The summed E-state index contributed by atoms with van der Waals surface area (Å²) in [6.07, 6.45) is 6.46. The Morgan fingerprint density at radius 2 is 2.16 bits per heavy atom. The van der Waals surface area contributed by atoms with Crippen molar-refractivity contribution in [2.75, 3.05) is 0 Å². The van der Waals surface area contributed by atoms with Gasteiger partial charge in [0.2, 0.25) is 5.91 Å². The molecule has 0 spiro atoms. The first kappa shape index (κ1) is 17.7. The molecule has 1 aliphatic heterocycles. The maximum absolute atomic E-state index is 11.5. The van der Waals surface area contributed by atoms with Gasteiger partial charge in [0, 0.05) is 30.9 Å². The third kappa shape index (κ3) is 3.93. The summed E-state index contributed by atoms with van der Waals surface area (Å²) in [4.78, 5) is 11.5. The fourth-order valence-electron chi connectivity index (χ4n) is 3.84. The van der Waals surface area contributed by atoms with Crippen LogP contribution in [0.3, 0.4) is 0 Å². The molecule has 2 heterocycles. The van der Waals surface area contributed by atoms with E-state index >= 15 is 0 Å². The molecular formula is C20H27N3O2. The summed E-state index contributed by atoms with van der Waals surface area (Å²) in [5, 5.41) is 7.52. The number of nitrogens with one attached hydrogen (secondary N) is 1. The van der Waals surface area contributed by atoms with Gasteiger partial charge in [0.15, 0.2) is 0 Å². The average molecular weight is 341 g/mol. The second-order valence-corrected chi connectivity index (χ2v) is 6.99. The van der Waals surface area contributed by atoms with E-state index in [0.29, 0.717) is 0 Å². The second kappa shape index (κ2) is 7.40. The smallest absolute Gasteiger partial charge is 0.217 e. The Morgan fingerprint density at radius 3 is 2.80 bits per heavy atom. The first-order valence-electron chi connectivity index (χ1n) is 9.01. The molecule has 1 aromatic carbocycles. The molecule has 1 amide bonds. The highest BCUT2D eigenvalue weighted by Crippen LogP contribution is 2.37. The highest BCUT2D eigenvalue weighted by Gasteiger charge is 2.32. The van der Waals surface area contributed by atoms with E-state index in [0.717, 1.165) is 30.5 Å².